The molecule has 0 aliphatic heterocycles. The smallest absolute Gasteiger partial charge is 0.360 e. The number of rotatable bonds is 6. The molecular weight excluding hydrogens is 359 g/mol. The number of amides is 1. The molecule has 1 unspecified atom stereocenters. The van der Waals surface area contributed by atoms with Crippen molar-refractivity contribution in [1.82, 2.24) is 4.98 Å². The van der Waals surface area contributed by atoms with Crippen LogP contribution >= 0.6 is 23.2 Å². The van der Waals surface area contributed by atoms with Crippen LogP contribution in [0.1, 0.15) is 24.3 Å². The van der Waals surface area contributed by atoms with E-state index in [1.807, 2.05) is 0 Å². The fourth-order valence-electron chi connectivity index (χ4n) is 1.65. The van der Waals surface area contributed by atoms with E-state index < -0.39 is 18.0 Å². The predicted molar refractivity (Wildman–Crippen MR) is 87.6 cm³/mol. The number of oxazole rings is 1. The Morgan fingerprint density at radius 2 is 2.12 bits per heavy atom. The first-order valence-corrected chi connectivity index (χ1v) is 7.71. The highest BCUT2D eigenvalue weighted by atomic mass is 35.5. The Labute approximate surface area is 147 Å². The van der Waals surface area contributed by atoms with Crippen LogP contribution in [0.5, 0.6) is 5.75 Å². The first kappa shape index (κ1) is 18.1. The fourth-order valence-corrected chi connectivity index (χ4v) is 2.10. The zero-order valence-electron chi connectivity index (χ0n) is 12.8. The fraction of sp³-hybridized carbons (Fsp3) is 0.267. The number of nitrogens with zero attached hydrogens (tertiary/aromatic N) is 1. The minimum absolute atomic E-state index is 0.0403. The number of carbonyl (C=O) groups is 2. The molecule has 0 saturated heterocycles. The topological polar surface area (TPSA) is 90.7 Å². The van der Waals surface area contributed by atoms with E-state index in [4.69, 9.17) is 37.1 Å². The highest BCUT2D eigenvalue weighted by Gasteiger charge is 2.20. The van der Waals surface area contributed by atoms with Crippen LogP contribution in [0.2, 0.25) is 10.0 Å². The van der Waals surface area contributed by atoms with Crippen molar-refractivity contribution in [3.05, 3.63) is 40.2 Å². The molecule has 0 saturated carbocycles. The van der Waals surface area contributed by atoms with Gasteiger partial charge in [-0.15, -0.1) is 0 Å². The molecule has 1 aromatic heterocycles. The van der Waals surface area contributed by atoms with E-state index in [1.54, 1.807) is 19.1 Å². The van der Waals surface area contributed by atoms with Crippen LogP contribution in [0.3, 0.4) is 0 Å². The van der Waals surface area contributed by atoms with E-state index in [-0.39, 0.29) is 23.3 Å². The molecule has 1 heterocycles. The second kappa shape index (κ2) is 8.03. The van der Waals surface area contributed by atoms with Crippen molar-refractivity contribution in [1.29, 1.82) is 0 Å². The Bertz CT molecular complexity index is 747. The minimum Gasteiger partial charge on any atom is -0.479 e. The number of ether oxygens (including phenoxy) is 2. The van der Waals surface area contributed by atoms with Gasteiger partial charge in [0.15, 0.2) is 11.8 Å². The van der Waals surface area contributed by atoms with E-state index in [9.17, 15) is 9.59 Å². The molecular formula is C15H14Cl2N2O5. The molecule has 2 rings (SSSR count). The molecule has 1 amide bonds. The monoisotopic (exact) mass is 372 g/mol. The number of aromatic nitrogens is 1. The third-order valence-corrected chi connectivity index (χ3v) is 3.32. The molecule has 0 bridgehead atoms. The Balaban J connectivity index is 1.97. The first-order chi connectivity index (χ1) is 11.4. The number of hydrogen-bond acceptors (Lipinski definition) is 6. The SMILES string of the molecule is CCOC(=O)c1coc(NC(=O)C(C)Oc2ccc(Cl)cc2Cl)n1. The lowest BCUT2D eigenvalue weighted by molar-refractivity contribution is -0.122. The van der Waals surface area contributed by atoms with Gasteiger partial charge in [-0.3, -0.25) is 10.1 Å². The van der Waals surface area contributed by atoms with Gasteiger partial charge in [-0.05, 0) is 32.0 Å². The average Bonchev–Trinajstić information content (AvgIpc) is 2.98. The maximum atomic E-state index is 12.1. The lowest BCUT2D eigenvalue weighted by Gasteiger charge is -2.14. The normalized spacial score (nSPS) is 11.7. The maximum Gasteiger partial charge on any atom is 0.360 e. The summed E-state index contributed by atoms with van der Waals surface area (Å²) < 4.78 is 15.2. The summed E-state index contributed by atoms with van der Waals surface area (Å²) in [5.74, 6) is -0.861. The molecule has 1 N–H and O–H groups in total. The van der Waals surface area contributed by atoms with Crippen LogP contribution in [0.25, 0.3) is 0 Å². The average molecular weight is 373 g/mol. The molecule has 0 spiro atoms. The summed E-state index contributed by atoms with van der Waals surface area (Å²) in [7, 11) is 0. The number of nitrogens with one attached hydrogen (secondary N) is 1. The van der Waals surface area contributed by atoms with Crippen molar-refractivity contribution in [3.63, 3.8) is 0 Å². The van der Waals surface area contributed by atoms with Crippen LogP contribution < -0.4 is 10.1 Å². The number of carbonyl (C=O) groups excluding carboxylic acids is 2. The van der Waals surface area contributed by atoms with Gasteiger partial charge in [0, 0.05) is 5.02 Å². The number of halogens is 2. The van der Waals surface area contributed by atoms with Crippen LogP contribution in [-0.2, 0) is 9.53 Å². The van der Waals surface area contributed by atoms with Gasteiger partial charge in [0.1, 0.15) is 12.0 Å². The molecule has 24 heavy (non-hydrogen) atoms. The summed E-state index contributed by atoms with van der Waals surface area (Å²) >= 11 is 11.8. The second-order valence-corrected chi connectivity index (χ2v) is 5.43. The molecule has 2 aromatic rings. The molecule has 7 nitrogen and oxygen atoms in total. The zero-order chi connectivity index (χ0) is 17.7. The Morgan fingerprint density at radius 1 is 1.38 bits per heavy atom. The summed E-state index contributed by atoms with van der Waals surface area (Å²) in [5.41, 5.74) is -0.0403. The molecule has 0 radical (unpaired) electrons. The zero-order valence-corrected chi connectivity index (χ0v) is 14.4. The molecule has 1 aromatic carbocycles. The highest BCUT2D eigenvalue weighted by Crippen LogP contribution is 2.28. The molecule has 0 fully saturated rings. The van der Waals surface area contributed by atoms with Crippen LogP contribution in [-0.4, -0.2) is 29.6 Å². The van der Waals surface area contributed by atoms with Gasteiger partial charge >= 0.3 is 12.0 Å². The summed E-state index contributed by atoms with van der Waals surface area (Å²) in [5, 5.41) is 3.13. The third kappa shape index (κ3) is 4.62. The van der Waals surface area contributed by atoms with Crippen molar-refractivity contribution in [2.75, 3.05) is 11.9 Å². The minimum atomic E-state index is -0.887. The molecule has 9 heteroatoms. The third-order valence-electron chi connectivity index (χ3n) is 2.79. The lowest BCUT2D eigenvalue weighted by atomic mass is 10.3. The van der Waals surface area contributed by atoms with Gasteiger partial charge < -0.3 is 13.9 Å². The quantitative estimate of drug-likeness (QED) is 0.779. The van der Waals surface area contributed by atoms with Crippen molar-refractivity contribution in [3.8, 4) is 5.75 Å². The van der Waals surface area contributed by atoms with E-state index in [1.165, 1.54) is 13.0 Å². The number of benzene rings is 1. The molecule has 0 aliphatic rings. The molecule has 1 atom stereocenters. The van der Waals surface area contributed by atoms with Gasteiger partial charge in [0.2, 0.25) is 0 Å². The van der Waals surface area contributed by atoms with Crippen LogP contribution in [0, 0.1) is 0 Å². The van der Waals surface area contributed by atoms with Crippen molar-refractivity contribution in [2.45, 2.75) is 20.0 Å². The van der Waals surface area contributed by atoms with E-state index in [2.05, 4.69) is 10.3 Å². The number of hydrogen-bond donors (Lipinski definition) is 1. The summed E-state index contributed by atoms with van der Waals surface area (Å²) in [6.45, 7) is 3.40. The van der Waals surface area contributed by atoms with Crippen molar-refractivity contribution < 1.29 is 23.5 Å². The van der Waals surface area contributed by atoms with Gasteiger partial charge in [-0.1, -0.05) is 23.2 Å². The van der Waals surface area contributed by atoms with Gasteiger partial charge in [0.05, 0.1) is 11.6 Å². The maximum absolute atomic E-state index is 12.1. The highest BCUT2D eigenvalue weighted by molar-refractivity contribution is 6.35. The van der Waals surface area contributed by atoms with Gasteiger partial charge in [-0.25, -0.2) is 4.79 Å². The predicted octanol–water partition coefficient (Wildman–Crippen LogP) is 3.56. The van der Waals surface area contributed by atoms with E-state index in [0.717, 1.165) is 6.26 Å². The number of esters is 1. The van der Waals surface area contributed by atoms with Crippen molar-refractivity contribution >= 4 is 41.1 Å². The van der Waals surface area contributed by atoms with Crippen LogP contribution in [0.4, 0.5) is 6.01 Å². The van der Waals surface area contributed by atoms with E-state index in [0.29, 0.717) is 10.8 Å². The van der Waals surface area contributed by atoms with E-state index >= 15 is 0 Å². The standard InChI is InChI=1S/C15H14Cl2N2O5/c1-3-22-14(21)11-7-23-15(18-11)19-13(20)8(2)24-12-5-4-9(16)6-10(12)17/h4-8H,3H2,1-2H3,(H,18,19,20). The second-order valence-electron chi connectivity index (χ2n) is 4.58. The Hall–Kier alpha value is -2.25. The lowest BCUT2D eigenvalue weighted by Crippen LogP contribution is -2.30. The largest absolute Gasteiger partial charge is 0.479 e. The summed E-state index contributed by atoms with van der Waals surface area (Å²) in [6, 6.07) is 4.51. The van der Waals surface area contributed by atoms with Crippen molar-refractivity contribution in [2.24, 2.45) is 0 Å². The number of anilines is 1. The molecule has 0 aliphatic carbocycles. The Kier molecular flexibility index (Phi) is 6.05. The Morgan fingerprint density at radius 3 is 2.79 bits per heavy atom. The first-order valence-electron chi connectivity index (χ1n) is 6.96. The summed E-state index contributed by atoms with van der Waals surface area (Å²) in [4.78, 5) is 27.4. The van der Waals surface area contributed by atoms with Gasteiger partial charge in [0.25, 0.3) is 5.91 Å². The molecule has 128 valence electrons. The van der Waals surface area contributed by atoms with Crippen LogP contribution in [0.15, 0.2) is 28.9 Å². The summed E-state index contributed by atoms with van der Waals surface area (Å²) in [6.07, 6.45) is 0.205. The van der Waals surface area contributed by atoms with Gasteiger partial charge in [-0.2, -0.15) is 4.98 Å².